The van der Waals surface area contributed by atoms with Crippen molar-refractivity contribution in [2.45, 2.75) is 19.6 Å². The van der Waals surface area contributed by atoms with Crippen LogP contribution in [0.4, 0.5) is 0 Å². The quantitative estimate of drug-likeness (QED) is 0.893. The summed E-state index contributed by atoms with van der Waals surface area (Å²) in [4.78, 5) is 0. The van der Waals surface area contributed by atoms with Gasteiger partial charge in [-0.05, 0) is 42.8 Å². The summed E-state index contributed by atoms with van der Waals surface area (Å²) in [5.74, 6) is 1.49. The van der Waals surface area contributed by atoms with Gasteiger partial charge < -0.3 is 14.6 Å². The summed E-state index contributed by atoms with van der Waals surface area (Å²) in [7, 11) is 1.64. The second-order valence-electron chi connectivity index (χ2n) is 4.50. The van der Waals surface area contributed by atoms with Crippen LogP contribution in [-0.4, -0.2) is 12.2 Å². The van der Waals surface area contributed by atoms with E-state index in [1.165, 1.54) is 0 Å². The Morgan fingerprint density at radius 2 is 2.00 bits per heavy atom. The molecule has 0 aliphatic rings. The molecule has 0 spiro atoms. The molecule has 0 radical (unpaired) electrons. The predicted molar refractivity (Wildman–Crippen MR) is 82.1 cm³/mol. The maximum Gasteiger partial charge on any atom is 0.125 e. The summed E-state index contributed by atoms with van der Waals surface area (Å²) < 4.78 is 11.9. The lowest BCUT2D eigenvalue weighted by Crippen LogP contribution is -2.01. The molecule has 20 heavy (non-hydrogen) atoms. The van der Waals surface area contributed by atoms with Crippen molar-refractivity contribution in [2.75, 3.05) is 7.11 Å². The van der Waals surface area contributed by atoms with E-state index in [2.05, 4.69) is 15.9 Å². The highest BCUT2D eigenvalue weighted by molar-refractivity contribution is 9.10. The highest BCUT2D eigenvalue weighted by Crippen LogP contribution is 2.29. The first-order chi connectivity index (χ1) is 9.60. The number of benzene rings is 2. The van der Waals surface area contributed by atoms with E-state index in [1.54, 1.807) is 14.0 Å². The van der Waals surface area contributed by atoms with Crippen molar-refractivity contribution < 1.29 is 14.6 Å². The number of ether oxygens (including phenoxy) is 2. The summed E-state index contributed by atoms with van der Waals surface area (Å²) in [6.45, 7) is 2.15. The normalized spacial score (nSPS) is 12.0. The van der Waals surface area contributed by atoms with Gasteiger partial charge in [0, 0.05) is 10.0 Å². The molecular weight excluding hydrogens is 320 g/mol. The Bertz CT molecular complexity index is 582. The van der Waals surface area contributed by atoms with Gasteiger partial charge in [0.25, 0.3) is 0 Å². The molecule has 106 valence electrons. The van der Waals surface area contributed by atoms with Gasteiger partial charge in [-0.2, -0.15) is 0 Å². The largest absolute Gasteiger partial charge is 0.497 e. The van der Waals surface area contributed by atoms with Crippen molar-refractivity contribution in [3.05, 3.63) is 58.1 Å². The molecule has 0 heterocycles. The first-order valence-electron chi connectivity index (χ1n) is 6.33. The zero-order valence-electron chi connectivity index (χ0n) is 11.5. The van der Waals surface area contributed by atoms with Crippen LogP contribution in [-0.2, 0) is 6.61 Å². The lowest BCUT2D eigenvalue weighted by molar-refractivity contribution is 0.190. The number of aliphatic hydroxyl groups is 1. The number of halogens is 1. The third-order valence-electron chi connectivity index (χ3n) is 2.95. The van der Waals surface area contributed by atoms with Gasteiger partial charge in [0.2, 0.25) is 0 Å². The first-order valence-corrected chi connectivity index (χ1v) is 7.12. The highest BCUT2D eigenvalue weighted by atomic mass is 79.9. The molecule has 0 aromatic heterocycles. The van der Waals surface area contributed by atoms with Gasteiger partial charge in [-0.1, -0.05) is 28.1 Å². The number of aliphatic hydroxyl groups excluding tert-OH is 1. The zero-order chi connectivity index (χ0) is 14.5. The van der Waals surface area contributed by atoms with Gasteiger partial charge in [0.15, 0.2) is 0 Å². The Hall–Kier alpha value is -1.52. The minimum atomic E-state index is -0.576. The molecule has 1 atom stereocenters. The fraction of sp³-hybridized carbons (Fsp3) is 0.250. The SMILES string of the molecule is COc1cccc(COc2ccc(Br)cc2C(C)O)c1. The molecule has 2 aromatic rings. The van der Waals surface area contributed by atoms with Crippen LogP contribution in [0.25, 0.3) is 0 Å². The minimum absolute atomic E-state index is 0.429. The lowest BCUT2D eigenvalue weighted by atomic mass is 10.1. The van der Waals surface area contributed by atoms with E-state index in [0.29, 0.717) is 12.4 Å². The number of hydrogen-bond donors (Lipinski definition) is 1. The molecule has 2 aromatic carbocycles. The van der Waals surface area contributed by atoms with E-state index in [1.807, 2.05) is 42.5 Å². The van der Waals surface area contributed by atoms with Gasteiger partial charge in [-0.15, -0.1) is 0 Å². The molecule has 0 amide bonds. The average molecular weight is 337 g/mol. The van der Waals surface area contributed by atoms with Crippen LogP contribution in [0.5, 0.6) is 11.5 Å². The van der Waals surface area contributed by atoms with Gasteiger partial charge >= 0.3 is 0 Å². The van der Waals surface area contributed by atoms with E-state index in [0.717, 1.165) is 21.3 Å². The van der Waals surface area contributed by atoms with Crippen molar-refractivity contribution in [1.82, 2.24) is 0 Å². The Balaban J connectivity index is 2.14. The molecule has 3 nitrogen and oxygen atoms in total. The highest BCUT2D eigenvalue weighted by Gasteiger charge is 2.10. The van der Waals surface area contributed by atoms with Crippen LogP contribution in [0.3, 0.4) is 0 Å². The Morgan fingerprint density at radius 3 is 2.70 bits per heavy atom. The molecule has 1 N–H and O–H groups in total. The Kier molecular flexibility index (Phi) is 5.04. The maximum absolute atomic E-state index is 9.79. The Morgan fingerprint density at radius 1 is 1.20 bits per heavy atom. The van der Waals surface area contributed by atoms with Crippen LogP contribution in [0.2, 0.25) is 0 Å². The van der Waals surface area contributed by atoms with Crippen LogP contribution in [0.15, 0.2) is 46.9 Å². The third kappa shape index (κ3) is 3.74. The summed E-state index contributed by atoms with van der Waals surface area (Å²) >= 11 is 3.40. The predicted octanol–water partition coefficient (Wildman–Crippen LogP) is 4.09. The van der Waals surface area contributed by atoms with Crippen LogP contribution in [0.1, 0.15) is 24.2 Å². The second-order valence-corrected chi connectivity index (χ2v) is 5.41. The summed E-state index contributed by atoms with van der Waals surface area (Å²) in [6, 6.07) is 13.3. The molecule has 0 bridgehead atoms. The molecule has 0 fully saturated rings. The number of hydrogen-bond acceptors (Lipinski definition) is 3. The van der Waals surface area contributed by atoms with Crippen molar-refractivity contribution in [1.29, 1.82) is 0 Å². The van der Waals surface area contributed by atoms with Gasteiger partial charge in [0.1, 0.15) is 18.1 Å². The zero-order valence-corrected chi connectivity index (χ0v) is 13.1. The molecular formula is C16H17BrO3. The maximum atomic E-state index is 9.79. The van der Waals surface area contributed by atoms with Crippen molar-refractivity contribution >= 4 is 15.9 Å². The third-order valence-corrected chi connectivity index (χ3v) is 3.44. The summed E-state index contributed by atoms with van der Waals surface area (Å²) in [5.41, 5.74) is 1.78. The second kappa shape index (κ2) is 6.77. The van der Waals surface area contributed by atoms with Crippen LogP contribution >= 0.6 is 15.9 Å². The van der Waals surface area contributed by atoms with Crippen LogP contribution < -0.4 is 9.47 Å². The van der Waals surface area contributed by atoms with Crippen molar-refractivity contribution in [3.63, 3.8) is 0 Å². The van der Waals surface area contributed by atoms with Gasteiger partial charge in [-0.3, -0.25) is 0 Å². The average Bonchev–Trinajstić information content (AvgIpc) is 2.46. The molecule has 0 aliphatic carbocycles. The number of rotatable bonds is 5. The summed E-state index contributed by atoms with van der Waals surface area (Å²) in [6.07, 6.45) is -0.576. The molecule has 1 unspecified atom stereocenters. The molecule has 0 saturated carbocycles. The standard InChI is InChI=1S/C16H17BrO3/c1-11(18)15-9-13(17)6-7-16(15)20-10-12-4-3-5-14(8-12)19-2/h3-9,11,18H,10H2,1-2H3. The van der Waals surface area contributed by atoms with E-state index in [9.17, 15) is 5.11 Å². The first kappa shape index (κ1) is 14.9. The molecule has 0 saturated heterocycles. The molecule has 2 rings (SSSR count). The minimum Gasteiger partial charge on any atom is -0.497 e. The monoisotopic (exact) mass is 336 g/mol. The van der Waals surface area contributed by atoms with E-state index < -0.39 is 6.10 Å². The van der Waals surface area contributed by atoms with E-state index in [4.69, 9.17) is 9.47 Å². The summed E-state index contributed by atoms with van der Waals surface area (Å²) in [5, 5.41) is 9.79. The van der Waals surface area contributed by atoms with E-state index in [-0.39, 0.29) is 0 Å². The van der Waals surface area contributed by atoms with Gasteiger partial charge in [0.05, 0.1) is 13.2 Å². The Labute approximate surface area is 127 Å². The molecule has 0 aliphatic heterocycles. The topological polar surface area (TPSA) is 38.7 Å². The van der Waals surface area contributed by atoms with Crippen molar-refractivity contribution in [2.24, 2.45) is 0 Å². The van der Waals surface area contributed by atoms with E-state index >= 15 is 0 Å². The van der Waals surface area contributed by atoms with Crippen molar-refractivity contribution in [3.8, 4) is 11.5 Å². The van der Waals surface area contributed by atoms with Crippen LogP contribution in [0, 0.1) is 0 Å². The lowest BCUT2D eigenvalue weighted by Gasteiger charge is -2.14. The molecule has 4 heteroatoms. The fourth-order valence-electron chi connectivity index (χ4n) is 1.90. The van der Waals surface area contributed by atoms with Gasteiger partial charge in [-0.25, -0.2) is 0 Å². The fourth-order valence-corrected chi connectivity index (χ4v) is 2.28. The number of methoxy groups -OCH3 is 1. The smallest absolute Gasteiger partial charge is 0.125 e.